The molecule has 0 spiro atoms. The van der Waals surface area contributed by atoms with Crippen LogP contribution in [0.2, 0.25) is 0 Å². The van der Waals surface area contributed by atoms with Gasteiger partial charge in [-0.2, -0.15) is 0 Å². The molecule has 1 N–H and O–H groups in total. The third kappa shape index (κ3) is 2.92. The van der Waals surface area contributed by atoms with E-state index >= 15 is 0 Å². The van der Waals surface area contributed by atoms with Gasteiger partial charge in [0.1, 0.15) is 5.78 Å². The van der Waals surface area contributed by atoms with Crippen molar-refractivity contribution >= 4 is 11.8 Å². The van der Waals surface area contributed by atoms with Crippen molar-refractivity contribution in [2.75, 3.05) is 0 Å². The standard InChI is InChI=1S/C30H46O3/c1-18-16-23-28(5,20-17-27(4,25(32)33)12-8-19(18)20)13-10-22-29(6)15-11-24(31)26(2,3)21(29)9-14-30(22,23)7/h16,18-22H,8-15,17H2,1-7H3,(H,32,33)/t18-,19-,20+,21-,22+,27+,28-,29-,30+/m0/s1. The Morgan fingerprint density at radius 2 is 1.55 bits per heavy atom. The maximum atomic E-state index is 12.9. The van der Waals surface area contributed by atoms with Crippen LogP contribution >= 0.6 is 0 Å². The summed E-state index contributed by atoms with van der Waals surface area (Å²) in [5.74, 6) is 2.58. The molecule has 0 radical (unpaired) electrons. The second kappa shape index (κ2) is 6.97. The molecule has 0 aromatic heterocycles. The number of carbonyl (C=O) groups is 2. The SMILES string of the molecule is C[C@H]1C=C2[C@]3(C)CC[C@H]4C(C)(C)C(=O)CC[C@]4(C)[C@H]3CC[C@@]2(C)[C@@H]2C[C@](C)(C(=O)O)CC[C@H]21. The average molecular weight is 455 g/mol. The topological polar surface area (TPSA) is 54.4 Å². The van der Waals surface area contributed by atoms with Crippen LogP contribution in [0.25, 0.3) is 0 Å². The first-order chi connectivity index (χ1) is 15.2. The number of fused-ring (bicyclic) bond motifs is 7. The largest absolute Gasteiger partial charge is 0.481 e. The van der Waals surface area contributed by atoms with E-state index in [0.29, 0.717) is 35.4 Å². The lowest BCUT2D eigenvalue weighted by Crippen LogP contribution is -2.62. The molecule has 4 fully saturated rings. The lowest BCUT2D eigenvalue weighted by Gasteiger charge is -2.69. The number of rotatable bonds is 1. The molecule has 0 saturated heterocycles. The van der Waals surface area contributed by atoms with Crippen LogP contribution in [-0.4, -0.2) is 16.9 Å². The number of aliphatic carboxylic acids is 1. The summed E-state index contributed by atoms with van der Waals surface area (Å²) in [6.45, 7) is 16.4. The molecule has 0 amide bonds. The summed E-state index contributed by atoms with van der Waals surface area (Å²) in [7, 11) is 0. The molecule has 3 heteroatoms. The minimum atomic E-state index is -0.602. The predicted molar refractivity (Wildman–Crippen MR) is 132 cm³/mol. The van der Waals surface area contributed by atoms with Gasteiger partial charge in [0.25, 0.3) is 0 Å². The van der Waals surface area contributed by atoms with Gasteiger partial charge in [-0.3, -0.25) is 9.59 Å². The van der Waals surface area contributed by atoms with Gasteiger partial charge in [0.15, 0.2) is 0 Å². The van der Waals surface area contributed by atoms with E-state index in [9.17, 15) is 14.7 Å². The Bertz CT molecular complexity index is 916. The van der Waals surface area contributed by atoms with Crippen LogP contribution in [0.15, 0.2) is 11.6 Å². The van der Waals surface area contributed by atoms with Crippen LogP contribution < -0.4 is 0 Å². The number of hydrogen-bond acceptors (Lipinski definition) is 2. The molecule has 5 aliphatic carbocycles. The molecule has 0 bridgehead atoms. The highest BCUT2D eigenvalue weighted by Crippen LogP contribution is 2.73. The summed E-state index contributed by atoms with van der Waals surface area (Å²) in [6.07, 6.45) is 11.9. The summed E-state index contributed by atoms with van der Waals surface area (Å²) in [4.78, 5) is 25.1. The van der Waals surface area contributed by atoms with Crippen molar-refractivity contribution in [3.8, 4) is 0 Å². The van der Waals surface area contributed by atoms with Crippen molar-refractivity contribution in [2.45, 2.75) is 106 Å². The Morgan fingerprint density at radius 3 is 2.21 bits per heavy atom. The number of allylic oxidation sites excluding steroid dienone is 2. The van der Waals surface area contributed by atoms with Crippen molar-refractivity contribution in [3.05, 3.63) is 11.6 Å². The van der Waals surface area contributed by atoms with E-state index in [1.807, 2.05) is 6.92 Å². The Kier molecular flexibility index (Phi) is 4.99. The molecule has 0 unspecified atom stereocenters. The van der Waals surface area contributed by atoms with Crippen LogP contribution in [0.5, 0.6) is 0 Å². The van der Waals surface area contributed by atoms with Crippen molar-refractivity contribution in [3.63, 3.8) is 0 Å². The first kappa shape index (κ1) is 23.6. The second-order valence-electron chi connectivity index (χ2n) is 14.5. The maximum absolute atomic E-state index is 12.9. The first-order valence-corrected chi connectivity index (χ1v) is 13.7. The summed E-state index contributed by atoms with van der Waals surface area (Å²) in [5, 5.41) is 10.1. The maximum Gasteiger partial charge on any atom is 0.309 e. The Labute approximate surface area is 201 Å². The first-order valence-electron chi connectivity index (χ1n) is 13.7. The number of carbonyl (C=O) groups excluding carboxylic acids is 1. The van der Waals surface area contributed by atoms with Gasteiger partial charge in [-0.05, 0) is 104 Å². The zero-order valence-electron chi connectivity index (χ0n) is 22.1. The van der Waals surface area contributed by atoms with E-state index in [1.54, 1.807) is 5.57 Å². The molecule has 3 nitrogen and oxygen atoms in total. The van der Waals surface area contributed by atoms with Crippen molar-refractivity contribution < 1.29 is 14.7 Å². The number of carboxylic acid groups (broad SMARTS) is 1. The fourth-order valence-electron chi connectivity index (χ4n) is 10.7. The molecular formula is C30H46O3. The van der Waals surface area contributed by atoms with E-state index < -0.39 is 11.4 Å². The number of carboxylic acids is 1. The molecule has 184 valence electrons. The highest BCUT2D eigenvalue weighted by atomic mass is 16.4. The minimum Gasteiger partial charge on any atom is -0.481 e. The van der Waals surface area contributed by atoms with Crippen molar-refractivity contribution in [1.82, 2.24) is 0 Å². The summed E-state index contributed by atoms with van der Waals surface area (Å²) < 4.78 is 0. The van der Waals surface area contributed by atoms with Gasteiger partial charge in [-0.25, -0.2) is 0 Å². The van der Waals surface area contributed by atoms with Gasteiger partial charge in [-0.1, -0.05) is 53.2 Å². The number of Topliss-reactive ketones (excluding diaryl/α,β-unsaturated/α-hetero) is 1. The van der Waals surface area contributed by atoms with E-state index in [-0.39, 0.29) is 21.7 Å². The van der Waals surface area contributed by atoms with E-state index in [4.69, 9.17) is 0 Å². The number of hydrogen-bond donors (Lipinski definition) is 1. The second-order valence-corrected chi connectivity index (χ2v) is 14.5. The van der Waals surface area contributed by atoms with Gasteiger partial charge in [0.2, 0.25) is 0 Å². The Morgan fingerprint density at radius 1 is 0.909 bits per heavy atom. The Hall–Kier alpha value is -1.12. The third-order valence-corrected chi connectivity index (χ3v) is 12.6. The molecule has 5 aliphatic rings. The van der Waals surface area contributed by atoms with Gasteiger partial charge in [-0.15, -0.1) is 0 Å². The molecule has 0 aromatic carbocycles. The van der Waals surface area contributed by atoms with Crippen LogP contribution in [0, 0.1) is 56.7 Å². The third-order valence-electron chi connectivity index (χ3n) is 12.6. The average Bonchev–Trinajstić information content (AvgIpc) is 2.72. The Balaban J connectivity index is 1.56. The van der Waals surface area contributed by atoms with Gasteiger partial charge < -0.3 is 5.11 Å². The van der Waals surface area contributed by atoms with Crippen LogP contribution in [0.4, 0.5) is 0 Å². The number of ketones is 1. The fraction of sp³-hybridized carbons (Fsp3) is 0.867. The molecule has 0 aromatic rings. The monoisotopic (exact) mass is 454 g/mol. The van der Waals surface area contributed by atoms with Gasteiger partial charge in [0, 0.05) is 11.8 Å². The molecular weight excluding hydrogens is 408 g/mol. The van der Waals surface area contributed by atoms with Gasteiger partial charge >= 0.3 is 5.97 Å². The lowest BCUT2D eigenvalue weighted by molar-refractivity contribution is -0.169. The molecule has 5 rings (SSSR count). The molecule has 0 heterocycles. The van der Waals surface area contributed by atoms with Crippen LogP contribution in [0.3, 0.4) is 0 Å². The van der Waals surface area contributed by atoms with E-state index in [2.05, 4.69) is 47.6 Å². The lowest BCUT2D eigenvalue weighted by atomic mass is 9.35. The van der Waals surface area contributed by atoms with E-state index in [0.717, 1.165) is 38.5 Å². The smallest absolute Gasteiger partial charge is 0.309 e. The summed E-state index contributed by atoms with van der Waals surface area (Å²) >= 11 is 0. The highest BCUT2D eigenvalue weighted by molar-refractivity contribution is 5.85. The predicted octanol–water partition coefficient (Wildman–Crippen LogP) is 7.30. The quantitative estimate of drug-likeness (QED) is 0.423. The normalized spacial score (nSPS) is 53.1. The zero-order chi connectivity index (χ0) is 24.2. The van der Waals surface area contributed by atoms with E-state index in [1.165, 1.54) is 19.3 Å². The molecule has 0 aliphatic heterocycles. The minimum absolute atomic E-state index is 0.114. The molecule has 33 heavy (non-hydrogen) atoms. The molecule has 4 saturated carbocycles. The van der Waals surface area contributed by atoms with Crippen LogP contribution in [0.1, 0.15) is 106 Å². The summed E-state index contributed by atoms with van der Waals surface area (Å²) in [6, 6.07) is 0. The molecule has 9 atom stereocenters. The zero-order valence-corrected chi connectivity index (χ0v) is 22.1. The fourth-order valence-corrected chi connectivity index (χ4v) is 10.7. The van der Waals surface area contributed by atoms with Gasteiger partial charge in [0.05, 0.1) is 5.41 Å². The van der Waals surface area contributed by atoms with Crippen LogP contribution in [-0.2, 0) is 9.59 Å². The summed E-state index contributed by atoms with van der Waals surface area (Å²) in [5.41, 5.74) is 1.38. The van der Waals surface area contributed by atoms with Crippen molar-refractivity contribution in [2.24, 2.45) is 56.7 Å². The highest BCUT2D eigenvalue weighted by Gasteiger charge is 2.66. The van der Waals surface area contributed by atoms with Crippen molar-refractivity contribution in [1.29, 1.82) is 0 Å².